The number of piperidine rings is 1. The number of aryl methyl sites for hydroxylation is 1. The summed E-state index contributed by atoms with van der Waals surface area (Å²) in [6, 6.07) is 4.05. The number of hydrogen-bond acceptors (Lipinski definition) is 4. The first-order valence-electron chi connectivity index (χ1n) is 10.2. The predicted octanol–water partition coefficient (Wildman–Crippen LogP) is 4.45. The topological polar surface area (TPSA) is 49.8 Å². The normalized spacial score (nSPS) is 32.0. The Hall–Kier alpha value is -1.55. The summed E-state index contributed by atoms with van der Waals surface area (Å²) in [5, 5.41) is 10.2. The van der Waals surface area contributed by atoms with Crippen molar-refractivity contribution in [2.75, 3.05) is 13.6 Å². The molecule has 4 unspecified atom stereocenters. The summed E-state index contributed by atoms with van der Waals surface area (Å²) in [5.74, 6) is 1.32. The van der Waals surface area contributed by atoms with Crippen LogP contribution in [0.3, 0.4) is 0 Å². The summed E-state index contributed by atoms with van der Waals surface area (Å²) in [6.45, 7) is 13.3. The van der Waals surface area contributed by atoms with Gasteiger partial charge in [0.2, 0.25) is 0 Å². The molecule has 0 amide bonds. The summed E-state index contributed by atoms with van der Waals surface area (Å²) in [7, 11) is 2.16. The van der Waals surface area contributed by atoms with Crippen molar-refractivity contribution in [2.45, 2.75) is 78.4 Å². The van der Waals surface area contributed by atoms with Crippen LogP contribution in [0, 0.1) is 12.8 Å². The third-order valence-electron chi connectivity index (χ3n) is 6.33. The second-order valence-corrected chi connectivity index (χ2v) is 7.23. The first-order chi connectivity index (χ1) is 12.5. The molecule has 1 saturated heterocycles. The van der Waals surface area contributed by atoms with Crippen LogP contribution in [0.5, 0.6) is 11.5 Å². The Labute approximate surface area is 158 Å². The van der Waals surface area contributed by atoms with Crippen LogP contribution in [0.15, 0.2) is 12.1 Å². The first-order valence-corrected chi connectivity index (χ1v) is 10.2. The molecular weight excluding hydrogens is 326 g/mol. The SMILES string of the molecule is CC.CC.Cc1ccc(O)c2c1C13CCN(C)C(C)C1CCC(=O)C3O2. The number of hydrogen-bond donors (Lipinski definition) is 1. The summed E-state index contributed by atoms with van der Waals surface area (Å²) in [4.78, 5) is 15.0. The molecule has 1 aromatic carbocycles. The van der Waals surface area contributed by atoms with Crippen molar-refractivity contribution >= 4 is 5.78 Å². The molecule has 2 aliphatic heterocycles. The molecule has 3 aliphatic rings. The fraction of sp³-hybridized carbons (Fsp3) is 0.682. The molecule has 26 heavy (non-hydrogen) atoms. The van der Waals surface area contributed by atoms with E-state index in [4.69, 9.17) is 4.74 Å². The molecule has 1 aromatic rings. The maximum atomic E-state index is 12.6. The molecule has 0 aromatic heterocycles. The Bertz CT molecular complexity index is 657. The van der Waals surface area contributed by atoms with Gasteiger partial charge in [0.1, 0.15) is 0 Å². The molecule has 4 atom stereocenters. The highest BCUT2D eigenvalue weighted by Gasteiger charge is 2.62. The van der Waals surface area contributed by atoms with Crippen LogP contribution in [-0.4, -0.2) is 41.5 Å². The lowest BCUT2D eigenvalue weighted by atomic mass is 9.55. The zero-order valence-corrected chi connectivity index (χ0v) is 17.4. The number of rotatable bonds is 0. The molecule has 2 fully saturated rings. The number of phenolic OH excluding ortho intramolecular Hbond substituents is 1. The van der Waals surface area contributed by atoms with Crippen LogP contribution < -0.4 is 4.74 Å². The zero-order valence-electron chi connectivity index (χ0n) is 17.4. The Morgan fingerprint density at radius 2 is 1.88 bits per heavy atom. The number of likely N-dealkylation sites (tertiary alicyclic amines) is 1. The minimum absolute atomic E-state index is 0.169. The summed E-state index contributed by atoms with van der Waals surface area (Å²) in [6.07, 6.45) is 2.01. The number of phenols is 1. The van der Waals surface area contributed by atoms with E-state index in [1.54, 1.807) is 6.07 Å². The van der Waals surface area contributed by atoms with Gasteiger partial charge in [-0.25, -0.2) is 0 Å². The lowest BCUT2D eigenvalue weighted by molar-refractivity contribution is -0.137. The Kier molecular flexibility index (Phi) is 6.38. The fourth-order valence-electron chi connectivity index (χ4n) is 5.13. The minimum Gasteiger partial charge on any atom is -0.504 e. The van der Waals surface area contributed by atoms with E-state index in [-0.39, 0.29) is 16.9 Å². The van der Waals surface area contributed by atoms with E-state index in [1.165, 1.54) is 0 Å². The number of carbonyl (C=O) groups is 1. The van der Waals surface area contributed by atoms with Crippen molar-refractivity contribution in [3.8, 4) is 11.5 Å². The minimum atomic E-state index is -0.413. The van der Waals surface area contributed by atoms with Crippen molar-refractivity contribution < 1.29 is 14.6 Å². The third-order valence-corrected chi connectivity index (χ3v) is 6.33. The van der Waals surface area contributed by atoms with E-state index in [2.05, 4.69) is 25.8 Å². The van der Waals surface area contributed by atoms with Gasteiger partial charge in [-0.15, -0.1) is 0 Å². The molecule has 1 N–H and O–H groups in total. The molecule has 4 heteroatoms. The number of fused-ring (bicyclic) bond motifs is 1. The van der Waals surface area contributed by atoms with Crippen molar-refractivity contribution in [3.63, 3.8) is 0 Å². The second kappa shape index (κ2) is 7.99. The van der Waals surface area contributed by atoms with Gasteiger partial charge in [0.15, 0.2) is 23.4 Å². The largest absolute Gasteiger partial charge is 0.504 e. The number of ketones is 1. The molecule has 4 rings (SSSR count). The van der Waals surface area contributed by atoms with Crippen LogP contribution in [0.1, 0.15) is 65.0 Å². The van der Waals surface area contributed by atoms with Crippen LogP contribution in [0.4, 0.5) is 0 Å². The lowest BCUT2D eigenvalue weighted by Gasteiger charge is -2.53. The van der Waals surface area contributed by atoms with Crippen molar-refractivity contribution in [1.29, 1.82) is 0 Å². The third kappa shape index (κ3) is 2.83. The van der Waals surface area contributed by atoms with Gasteiger partial charge in [0.05, 0.1) is 0 Å². The van der Waals surface area contributed by atoms with E-state index in [9.17, 15) is 9.90 Å². The van der Waals surface area contributed by atoms with Gasteiger partial charge in [-0.3, -0.25) is 4.79 Å². The lowest BCUT2D eigenvalue weighted by Crippen LogP contribution is -2.62. The summed E-state index contributed by atoms with van der Waals surface area (Å²) in [5.41, 5.74) is 1.97. The second-order valence-electron chi connectivity index (χ2n) is 7.23. The first kappa shape index (κ1) is 20.8. The number of aromatic hydroxyl groups is 1. The van der Waals surface area contributed by atoms with E-state index < -0.39 is 6.10 Å². The predicted molar refractivity (Wildman–Crippen MR) is 106 cm³/mol. The number of benzene rings is 1. The van der Waals surface area contributed by atoms with E-state index >= 15 is 0 Å². The molecular formula is C22H35NO3. The highest BCUT2D eigenvalue weighted by Crippen LogP contribution is 2.59. The molecule has 2 heterocycles. The van der Waals surface area contributed by atoms with Crippen LogP contribution in [0.2, 0.25) is 0 Å². The van der Waals surface area contributed by atoms with Gasteiger partial charge in [-0.1, -0.05) is 33.8 Å². The van der Waals surface area contributed by atoms with Gasteiger partial charge in [-0.05, 0) is 57.8 Å². The van der Waals surface area contributed by atoms with Crippen LogP contribution >= 0.6 is 0 Å². The molecule has 146 valence electrons. The smallest absolute Gasteiger partial charge is 0.174 e. The highest BCUT2D eigenvalue weighted by molar-refractivity contribution is 5.88. The van der Waals surface area contributed by atoms with Gasteiger partial charge < -0.3 is 14.7 Å². The summed E-state index contributed by atoms with van der Waals surface area (Å²) < 4.78 is 6.06. The van der Waals surface area contributed by atoms with Crippen molar-refractivity contribution in [2.24, 2.45) is 5.92 Å². The molecule has 4 nitrogen and oxygen atoms in total. The molecule has 1 saturated carbocycles. The van der Waals surface area contributed by atoms with Crippen molar-refractivity contribution in [3.05, 3.63) is 23.3 Å². The van der Waals surface area contributed by atoms with E-state index in [0.29, 0.717) is 24.1 Å². The van der Waals surface area contributed by atoms with E-state index in [1.807, 2.05) is 33.8 Å². The van der Waals surface area contributed by atoms with Crippen LogP contribution in [-0.2, 0) is 10.2 Å². The highest BCUT2D eigenvalue weighted by atomic mass is 16.5. The zero-order chi connectivity index (χ0) is 19.6. The van der Waals surface area contributed by atoms with Gasteiger partial charge in [-0.2, -0.15) is 0 Å². The fourth-order valence-corrected chi connectivity index (χ4v) is 5.13. The number of nitrogens with zero attached hydrogens (tertiary/aromatic N) is 1. The standard InChI is InChI=1S/C18H23NO3.2C2H6/c1-10-4-6-13(20)16-15(10)18-8-9-19(3)11(2)12(18)5-7-14(21)17(18)22-16;2*1-2/h4,6,11-12,17,20H,5,7-9H2,1-3H3;2*1-2H3. The summed E-state index contributed by atoms with van der Waals surface area (Å²) >= 11 is 0. The quantitative estimate of drug-likeness (QED) is 0.741. The Balaban J connectivity index is 0.000000570. The number of ether oxygens (including phenoxy) is 1. The Morgan fingerprint density at radius 1 is 1.23 bits per heavy atom. The van der Waals surface area contributed by atoms with Crippen molar-refractivity contribution in [1.82, 2.24) is 4.90 Å². The average Bonchev–Trinajstić information content (AvgIpc) is 3.03. The molecule has 1 aliphatic carbocycles. The number of Topliss-reactive ketones (excluding diaryl/α,β-unsaturated/α-hetero) is 1. The van der Waals surface area contributed by atoms with Gasteiger partial charge in [0, 0.05) is 23.4 Å². The maximum absolute atomic E-state index is 12.6. The molecule has 1 spiro atoms. The van der Waals surface area contributed by atoms with E-state index in [0.717, 1.165) is 30.5 Å². The molecule has 0 radical (unpaired) electrons. The van der Waals surface area contributed by atoms with Crippen LogP contribution in [0.25, 0.3) is 0 Å². The average molecular weight is 362 g/mol. The molecule has 0 bridgehead atoms. The Morgan fingerprint density at radius 3 is 2.54 bits per heavy atom. The van der Waals surface area contributed by atoms with Gasteiger partial charge in [0.25, 0.3) is 0 Å². The monoisotopic (exact) mass is 361 g/mol. The maximum Gasteiger partial charge on any atom is 0.174 e. The number of carbonyl (C=O) groups excluding carboxylic acids is 1. The van der Waals surface area contributed by atoms with Gasteiger partial charge >= 0.3 is 0 Å².